The molecule has 1 aromatic carbocycles. The second kappa shape index (κ2) is 10.6. The smallest absolute Gasteiger partial charge is 0.253 e. The largest absolute Gasteiger partial charge is 0.467 e. The molecule has 1 saturated carbocycles. The Balaban J connectivity index is 1.19. The molecule has 2 aliphatic rings. The number of hydrazone groups is 1. The van der Waals surface area contributed by atoms with E-state index in [0.717, 1.165) is 52.1 Å². The van der Waals surface area contributed by atoms with E-state index in [2.05, 4.69) is 35.4 Å². The van der Waals surface area contributed by atoms with Crippen LogP contribution in [-0.4, -0.2) is 32.6 Å². The van der Waals surface area contributed by atoms with Crippen molar-refractivity contribution in [2.45, 2.75) is 43.5 Å². The lowest BCUT2D eigenvalue weighted by Crippen LogP contribution is -2.32. The topological polar surface area (TPSA) is 96.8 Å². The summed E-state index contributed by atoms with van der Waals surface area (Å²) >= 11 is 2.81. The molecule has 10 heteroatoms. The summed E-state index contributed by atoms with van der Waals surface area (Å²) in [4.78, 5) is 13.5. The first kappa shape index (κ1) is 24.7. The van der Waals surface area contributed by atoms with Crippen molar-refractivity contribution in [2.24, 2.45) is 11.0 Å². The molecule has 0 saturated heterocycles. The summed E-state index contributed by atoms with van der Waals surface area (Å²) in [5.74, 6) is 1.74. The van der Waals surface area contributed by atoms with Crippen LogP contribution >= 0.6 is 23.1 Å². The number of amides is 1. The van der Waals surface area contributed by atoms with Crippen LogP contribution in [0.15, 0.2) is 78.8 Å². The van der Waals surface area contributed by atoms with Crippen LogP contribution in [0.1, 0.15) is 48.0 Å². The fourth-order valence-electron chi connectivity index (χ4n) is 5.00. The number of aryl methyl sites for hydroxylation is 1. The third-order valence-electron chi connectivity index (χ3n) is 7.02. The van der Waals surface area contributed by atoms with Crippen molar-refractivity contribution in [3.8, 4) is 0 Å². The lowest BCUT2D eigenvalue weighted by molar-refractivity contribution is -0.131. The molecule has 194 valence electrons. The van der Waals surface area contributed by atoms with Crippen LogP contribution < -0.4 is 5.32 Å². The minimum atomic E-state index is -0.260. The molecule has 1 fully saturated rings. The Morgan fingerprint density at radius 2 is 2.03 bits per heavy atom. The Morgan fingerprint density at radius 1 is 1.16 bits per heavy atom. The number of nitrogens with zero attached hydrogens (tertiary/aromatic N) is 4. The van der Waals surface area contributed by atoms with Gasteiger partial charge in [-0.3, -0.25) is 4.79 Å². The zero-order valence-corrected chi connectivity index (χ0v) is 22.7. The number of hydrogen-bond donors (Lipinski definition) is 1. The molecule has 1 N–H and O–H groups in total. The molecule has 4 aromatic rings. The monoisotopic (exact) mass is 545 g/mol. The lowest BCUT2D eigenvalue weighted by Gasteiger charge is -2.27. The van der Waals surface area contributed by atoms with Gasteiger partial charge in [0.2, 0.25) is 5.13 Å². The average Bonchev–Trinajstić information content (AvgIpc) is 3.72. The highest BCUT2D eigenvalue weighted by molar-refractivity contribution is 8.01. The van der Waals surface area contributed by atoms with Gasteiger partial charge in [-0.25, -0.2) is 5.01 Å². The summed E-state index contributed by atoms with van der Waals surface area (Å²) in [6.45, 7) is 4.16. The van der Waals surface area contributed by atoms with Gasteiger partial charge in [0.25, 0.3) is 5.91 Å². The van der Waals surface area contributed by atoms with E-state index >= 15 is 0 Å². The van der Waals surface area contributed by atoms with Gasteiger partial charge in [0.15, 0.2) is 4.34 Å². The maximum absolute atomic E-state index is 13.5. The van der Waals surface area contributed by atoms with E-state index in [1.165, 1.54) is 34.2 Å². The SMILES string of the molecule is Cc1cccc(Nc2nnc(SCC(=O)N3N=C4C(=Cc5ccco5)CCCC4C3c3ccco3)s2)c1C. The Bertz CT molecular complexity index is 1490. The first-order valence-electron chi connectivity index (χ1n) is 12.5. The summed E-state index contributed by atoms with van der Waals surface area (Å²) in [6, 6.07) is 13.5. The molecule has 4 heterocycles. The normalized spacial score (nSPS) is 20.0. The Kier molecular flexibility index (Phi) is 6.90. The fraction of sp³-hybridized carbons (Fsp3) is 0.286. The van der Waals surface area contributed by atoms with Crippen molar-refractivity contribution in [1.29, 1.82) is 0 Å². The van der Waals surface area contributed by atoms with E-state index in [-0.39, 0.29) is 23.6 Å². The van der Waals surface area contributed by atoms with Crippen molar-refractivity contribution in [3.05, 3.63) is 83.2 Å². The van der Waals surface area contributed by atoms with Gasteiger partial charge in [0, 0.05) is 11.6 Å². The molecule has 0 spiro atoms. The molecule has 1 amide bonds. The number of hydrogen-bond acceptors (Lipinski definition) is 9. The molecular formula is C28H27N5O3S2. The fourth-order valence-corrected chi connectivity index (χ4v) is 6.62. The van der Waals surface area contributed by atoms with Crippen LogP contribution in [0.2, 0.25) is 0 Å². The summed E-state index contributed by atoms with van der Waals surface area (Å²) < 4.78 is 12.1. The Morgan fingerprint density at radius 3 is 2.84 bits per heavy atom. The third-order valence-corrected chi connectivity index (χ3v) is 8.98. The van der Waals surface area contributed by atoms with E-state index < -0.39 is 0 Å². The quantitative estimate of drug-likeness (QED) is 0.250. The van der Waals surface area contributed by atoms with Gasteiger partial charge in [0.05, 0.1) is 24.0 Å². The first-order valence-corrected chi connectivity index (χ1v) is 14.3. The number of anilines is 2. The number of allylic oxidation sites excluding steroid dienone is 1. The van der Waals surface area contributed by atoms with Crippen molar-refractivity contribution < 1.29 is 13.6 Å². The number of aromatic nitrogens is 2. The van der Waals surface area contributed by atoms with Gasteiger partial charge in [-0.15, -0.1) is 10.2 Å². The summed E-state index contributed by atoms with van der Waals surface area (Å²) in [6.07, 6.45) is 8.22. The van der Waals surface area contributed by atoms with E-state index in [1.54, 1.807) is 17.5 Å². The maximum atomic E-state index is 13.5. The third kappa shape index (κ3) is 4.93. The van der Waals surface area contributed by atoms with Gasteiger partial charge >= 0.3 is 0 Å². The number of thioether (sulfide) groups is 1. The van der Waals surface area contributed by atoms with E-state index in [1.807, 2.05) is 42.5 Å². The van der Waals surface area contributed by atoms with E-state index in [0.29, 0.717) is 5.13 Å². The zero-order valence-electron chi connectivity index (χ0n) is 21.1. The number of rotatable bonds is 7. The molecule has 38 heavy (non-hydrogen) atoms. The Labute approximate surface area is 228 Å². The van der Waals surface area contributed by atoms with Crippen LogP contribution in [0.25, 0.3) is 6.08 Å². The van der Waals surface area contributed by atoms with Crippen molar-refractivity contribution in [3.63, 3.8) is 0 Å². The highest BCUT2D eigenvalue weighted by Gasteiger charge is 2.45. The van der Waals surface area contributed by atoms with Crippen molar-refractivity contribution in [1.82, 2.24) is 15.2 Å². The van der Waals surface area contributed by atoms with Gasteiger partial charge in [0.1, 0.15) is 17.6 Å². The molecule has 1 aliphatic heterocycles. The molecule has 0 bridgehead atoms. The minimum Gasteiger partial charge on any atom is -0.467 e. The van der Waals surface area contributed by atoms with Gasteiger partial charge < -0.3 is 14.2 Å². The summed E-state index contributed by atoms with van der Waals surface area (Å²) in [7, 11) is 0. The van der Waals surface area contributed by atoms with Crippen molar-refractivity contribution >= 4 is 51.6 Å². The standard InChI is InChI=1S/C28H27N5O3S2/c1-17-7-3-11-22(18(17)2)29-27-30-31-28(38-27)37-16-24(34)33-26(23-12-6-14-36-23)21-10-4-8-19(25(21)32-33)15-20-9-5-13-35-20/h3,5-7,9,11-15,21,26H,4,8,10,16H2,1-2H3,(H,29,30). The van der Waals surface area contributed by atoms with E-state index in [9.17, 15) is 4.79 Å². The maximum Gasteiger partial charge on any atom is 0.253 e. The van der Waals surface area contributed by atoms with Crippen molar-refractivity contribution in [2.75, 3.05) is 11.1 Å². The molecule has 1 aliphatic carbocycles. The predicted octanol–water partition coefficient (Wildman–Crippen LogP) is 7.00. The average molecular weight is 546 g/mol. The number of benzene rings is 1. The van der Waals surface area contributed by atoms with Crippen LogP contribution in [-0.2, 0) is 4.79 Å². The molecule has 2 unspecified atom stereocenters. The summed E-state index contributed by atoms with van der Waals surface area (Å²) in [5.41, 5.74) is 5.45. The second-order valence-electron chi connectivity index (χ2n) is 9.40. The van der Waals surface area contributed by atoms with Gasteiger partial charge in [-0.05, 0) is 86.2 Å². The lowest BCUT2D eigenvalue weighted by atomic mass is 9.79. The molecular weight excluding hydrogens is 518 g/mol. The summed E-state index contributed by atoms with van der Waals surface area (Å²) in [5, 5.41) is 19.1. The number of nitrogens with one attached hydrogen (secondary N) is 1. The predicted molar refractivity (Wildman–Crippen MR) is 150 cm³/mol. The number of fused-ring (bicyclic) bond motifs is 1. The zero-order chi connectivity index (χ0) is 26.1. The molecule has 3 aromatic heterocycles. The molecule has 0 radical (unpaired) electrons. The number of carbonyl (C=O) groups excluding carboxylic acids is 1. The minimum absolute atomic E-state index is 0.0833. The molecule has 6 rings (SSSR count). The first-order chi connectivity index (χ1) is 18.6. The van der Waals surface area contributed by atoms with Crippen LogP contribution in [0.3, 0.4) is 0 Å². The van der Waals surface area contributed by atoms with E-state index in [4.69, 9.17) is 13.9 Å². The van der Waals surface area contributed by atoms with Crippen LogP contribution in [0.5, 0.6) is 0 Å². The highest BCUT2D eigenvalue weighted by Crippen LogP contribution is 2.45. The number of furan rings is 2. The second-order valence-corrected chi connectivity index (χ2v) is 11.6. The van der Waals surface area contributed by atoms with Crippen LogP contribution in [0, 0.1) is 19.8 Å². The number of carbonyl (C=O) groups is 1. The Hall–Kier alpha value is -3.63. The van der Waals surface area contributed by atoms with Gasteiger partial charge in [-0.1, -0.05) is 35.2 Å². The highest BCUT2D eigenvalue weighted by atomic mass is 32.2. The molecule has 8 nitrogen and oxygen atoms in total. The van der Waals surface area contributed by atoms with Crippen LogP contribution in [0.4, 0.5) is 10.8 Å². The van der Waals surface area contributed by atoms with Gasteiger partial charge in [-0.2, -0.15) is 5.10 Å². The molecule has 2 atom stereocenters.